The van der Waals surface area contributed by atoms with E-state index < -0.39 is 5.82 Å². The fourth-order valence-electron chi connectivity index (χ4n) is 3.04. The Labute approximate surface area is 159 Å². The van der Waals surface area contributed by atoms with Gasteiger partial charge in [0.1, 0.15) is 10.0 Å². The summed E-state index contributed by atoms with van der Waals surface area (Å²) in [5.41, 5.74) is 0.726. The number of hydrogen-bond donors (Lipinski definition) is 0. The van der Waals surface area contributed by atoms with Gasteiger partial charge in [0, 0.05) is 30.0 Å². The fraction of sp³-hybridized carbons (Fsp3) is 0.389. The molecule has 0 aliphatic carbocycles. The van der Waals surface area contributed by atoms with Crippen molar-refractivity contribution >= 4 is 34.8 Å². The van der Waals surface area contributed by atoms with Crippen LogP contribution in [-0.2, 0) is 0 Å². The first-order chi connectivity index (χ1) is 12.5. The van der Waals surface area contributed by atoms with Crippen LogP contribution < -0.4 is 4.74 Å². The molecule has 1 aliphatic rings. The molecule has 1 fully saturated rings. The molecule has 1 atom stereocenters. The Morgan fingerprint density at radius 1 is 1.42 bits per heavy atom. The maximum absolute atomic E-state index is 13.9. The van der Waals surface area contributed by atoms with E-state index in [0.29, 0.717) is 30.8 Å². The van der Waals surface area contributed by atoms with E-state index in [1.807, 2.05) is 6.26 Å². The summed E-state index contributed by atoms with van der Waals surface area (Å²) < 4.78 is 19.6. The predicted octanol–water partition coefficient (Wildman–Crippen LogP) is 3.75. The summed E-state index contributed by atoms with van der Waals surface area (Å²) in [5, 5.41) is 1.75. The van der Waals surface area contributed by atoms with Crippen molar-refractivity contribution in [2.75, 3.05) is 26.5 Å². The van der Waals surface area contributed by atoms with E-state index in [4.69, 9.17) is 4.74 Å². The molecule has 138 valence electrons. The van der Waals surface area contributed by atoms with Crippen molar-refractivity contribution in [1.82, 2.24) is 9.88 Å². The van der Waals surface area contributed by atoms with E-state index in [1.54, 1.807) is 16.3 Å². The van der Waals surface area contributed by atoms with E-state index in [2.05, 4.69) is 4.98 Å². The van der Waals surface area contributed by atoms with Crippen molar-refractivity contribution < 1.29 is 18.7 Å². The molecule has 1 aliphatic heterocycles. The molecular weight excluding hydrogens is 375 g/mol. The van der Waals surface area contributed by atoms with Crippen molar-refractivity contribution in [1.29, 1.82) is 0 Å². The lowest BCUT2D eigenvalue weighted by Crippen LogP contribution is -2.42. The highest BCUT2D eigenvalue weighted by Gasteiger charge is 2.30. The monoisotopic (exact) mass is 394 g/mol. The molecule has 0 saturated carbocycles. The Bertz CT molecular complexity index is 825. The van der Waals surface area contributed by atoms with Crippen molar-refractivity contribution in [2.24, 2.45) is 5.92 Å². The summed E-state index contributed by atoms with van der Waals surface area (Å²) in [5.74, 6) is -1.09. The Balaban J connectivity index is 1.72. The first-order valence-electron chi connectivity index (χ1n) is 8.20. The zero-order chi connectivity index (χ0) is 18.7. The molecule has 0 N–H and O–H groups in total. The van der Waals surface area contributed by atoms with Crippen LogP contribution in [0.4, 0.5) is 4.39 Å². The van der Waals surface area contributed by atoms with Gasteiger partial charge in [-0.3, -0.25) is 9.59 Å². The van der Waals surface area contributed by atoms with Crippen molar-refractivity contribution in [2.45, 2.75) is 17.2 Å². The van der Waals surface area contributed by atoms with Gasteiger partial charge in [-0.25, -0.2) is 9.37 Å². The van der Waals surface area contributed by atoms with Gasteiger partial charge in [-0.1, -0.05) is 11.8 Å². The summed E-state index contributed by atoms with van der Waals surface area (Å²) >= 11 is 2.93. The molecular formula is C18H19FN2O3S2. The van der Waals surface area contributed by atoms with Crippen LogP contribution >= 0.6 is 23.1 Å². The lowest BCUT2D eigenvalue weighted by atomic mass is 9.89. The highest BCUT2D eigenvalue weighted by Crippen LogP contribution is 2.26. The third kappa shape index (κ3) is 3.91. The molecule has 1 amide bonds. The van der Waals surface area contributed by atoms with Gasteiger partial charge in [0.25, 0.3) is 5.91 Å². The number of thiazole rings is 1. The molecule has 0 spiro atoms. The molecule has 0 unspecified atom stereocenters. The number of aromatic nitrogens is 1. The number of Topliss-reactive ketones (excluding diaryl/α,β-unsaturated/α-hetero) is 1. The number of thioether (sulfide) groups is 1. The summed E-state index contributed by atoms with van der Waals surface area (Å²) in [6.45, 7) is 0.934. The zero-order valence-corrected chi connectivity index (χ0v) is 16.2. The SMILES string of the molecule is COc1ccc(C(=O)[C@@H]2CCCN(C(=O)c3csc(SC)n3)C2)cc1F. The summed E-state index contributed by atoms with van der Waals surface area (Å²) in [6, 6.07) is 4.22. The third-order valence-corrected chi connectivity index (χ3v) is 6.26. The average molecular weight is 394 g/mol. The van der Waals surface area contributed by atoms with Crippen LogP contribution in [0.15, 0.2) is 27.9 Å². The van der Waals surface area contributed by atoms with Gasteiger partial charge in [-0.05, 0) is 37.3 Å². The van der Waals surface area contributed by atoms with E-state index in [1.165, 1.54) is 42.3 Å². The molecule has 2 heterocycles. The van der Waals surface area contributed by atoms with E-state index in [-0.39, 0.29) is 23.4 Å². The van der Waals surface area contributed by atoms with Gasteiger partial charge in [0.2, 0.25) is 0 Å². The molecule has 3 rings (SSSR count). The number of carbonyl (C=O) groups is 2. The number of hydrogen-bond acceptors (Lipinski definition) is 6. The van der Waals surface area contributed by atoms with Gasteiger partial charge in [-0.15, -0.1) is 11.3 Å². The van der Waals surface area contributed by atoms with Crippen LogP contribution in [0.25, 0.3) is 0 Å². The minimum atomic E-state index is -0.561. The Hall–Kier alpha value is -1.93. The number of piperidine rings is 1. The maximum atomic E-state index is 13.9. The molecule has 5 nitrogen and oxygen atoms in total. The normalized spacial score (nSPS) is 17.2. The standard InChI is InChI=1S/C18H19FN2O3S2/c1-24-15-6-5-11(8-13(15)19)16(22)12-4-3-7-21(9-12)17(23)14-10-26-18(20-14)25-2/h5-6,8,10,12H,3-4,7,9H2,1-2H3/t12-/m1/s1. The van der Waals surface area contributed by atoms with Crippen molar-refractivity contribution in [3.63, 3.8) is 0 Å². The molecule has 1 saturated heterocycles. The molecule has 0 radical (unpaired) electrons. The third-order valence-electron chi connectivity index (χ3n) is 4.39. The Kier molecular flexibility index (Phi) is 5.93. The Morgan fingerprint density at radius 2 is 2.23 bits per heavy atom. The summed E-state index contributed by atoms with van der Waals surface area (Å²) in [6.07, 6.45) is 3.33. The highest BCUT2D eigenvalue weighted by atomic mass is 32.2. The topological polar surface area (TPSA) is 59.5 Å². The van der Waals surface area contributed by atoms with Crippen LogP contribution in [0.2, 0.25) is 0 Å². The number of rotatable bonds is 5. The van der Waals surface area contributed by atoms with Crippen LogP contribution in [0.5, 0.6) is 5.75 Å². The number of amides is 1. The Morgan fingerprint density at radius 3 is 2.88 bits per heavy atom. The van der Waals surface area contributed by atoms with Crippen LogP contribution in [-0.4, -0.2) is 48.0 Å². The molecule has 1 aromatic heterocycles. The quantitative estimate of drug-likeness (QED) is 0.571. The van der Waals surface area contributed by atoms with Gasteiger partial charge in [0.05, 0.1) is 7.11 Å². The number of nitrogens with zero attached hydrogens (tertiary/aromatic N) is 2. The number of halogens is 1. The molecule has 26 heavy (non-hydrogen) atoms. The fourth-order valence-corrected chi connectivity index (χ4v) is 4.28. The first kappa shape index (κ1) is 18.8. The average Bonchev–Trinajstić information content (AvgIpc) is 3.16. The summed E-state index contributed by atoms with van der Waals surface area (Å²) in [4.78, 5) is 31.4. The minimum absolute atomic E-state index is 0.107. The number of carbonyl (C=O) groups excluding carboxylic acids is 2. The largest absolute Gasteiger partial charge is 0.494 e. The van der Waals surface area contributed by atoms with E-state index in [0.717, 1.165) is 10.8 Å². The van der Waals surface area contributed by atoms with Gasteiger partial charge >= 0.3 is 0 Å². The first-order valence-corrected chi connectivity index (χ1v) is 10.3. The van der Waals surface area contributed by atoms with Crippen molar-refractivity contribution in [3.8, 4) is 5.75 Å². The van der Waals surface area contributed by atoms with Gasteiger partial charge < -0.3 is 9.64 Å². The number of benzene rings is 1. The molecule has 1 aromatic carbocycles. The smallest absolute Gasteiger partial charge is 0.273 e. The second-order valence-corrected chi connectivity index (χ2v) is 7.92. The summed E-state index contributed by atoms with van der Waals surface area (Å²) in [7, 11) is 1.38. The molecule has 8 heteroatoms. The maximum Gasteiger partial charge on any atom is 0.273 e. The number of methoxy groups -OCH3 is 1. The lowest BCUT2D eigenvalue weighted by Gasteiger charge is -2.31. The van der Waals surface area contributed by atoms with E-state index in [9.17, 15) is 14.0 Å². The second-order valence-electron chi connectivity index (χ2n) is 6.01. The predicted molar refractivity (Wildman–Crippen MR) is 99.8 cm³/mol. The number of ether oxygens (including phenoxy) is 1. The lowest BCUT2D eigenvalue weighted by molar-refractivity contribution is 0.0632. The zero-order valence-electron chi connectivity index (χ0n) is 14.5. The number of likely N-dealkylation sites (tertiary alicyclic amines) is 1. The number of ketones is 1. The highest BCUT2D eigenvalue weighted by molar-refractivity contribution is 8.00. The second kappa shape index (κ2) is 8.18. The van der Waals surface area contributed by atoms with Crippen LogP contribution in [0.1, 0.15) is 33.7 Å². The van der Waals surface area contributed by atoms with Gasteiger partial charge in [0.15, 0.2) is 17.3 Å². The molecule has 2 aromatic rings. The minimum Gasteiger partial charge on any atom is -0.494 e. The van der Waals surface area contributed by atoms with Gasteiger partial charge in [-0.2, -0.15) is 0 Å². The van der Waals surface area contributed by atoms with E-state index >= 15 is 0 Å². The van der Waals surface area contributed by atoms with Crippen molar-refractivity contribution in [3.05, 3.63) is 40.7 Å². The molecule has 0 bridgehead atoms. The van der Waals surface area contributed by atoms with Crippen LogP contribution in [0.3, 0.4) is 0 Å². The van der Waals surface area contributed by atoms with Crippen LogP contribution in [0, 0.1) is 11.7 Å².